The maximum Gasteiger partial charge on any atom is 0.273 e. The Morgan fingerprint density at radius 1 is 0.844 bits per heavy atom. The van der Waals surface area contributed by atoms with Gasteiger partial charge >= 0.3 is 0 Å². The Labute approximate surface area is 190 Å². The quantitative estimate of drug-likeness (QED) is 0.422. The van der Waals surface area contributed by atoms with E-state index in [0.717, 1.165) is 17.2 Å². The molecule has 0 bridgehead atoms. The number of hydrazine groups is 1. The lowest BCUT2D eigenvalue weighted by atomic mass is 10.1. The van der Waals surface area contributed by atoms with Crippen molar-refractivity contribution in [1.29, 1.82) is 0 Å². The van der Waals surface area contributed by atoms with Crippen molar-refractivity contribution in [3.05, 3.63) is 87.9 Å². The number of phenols is 1. The first-order chi connectivity index (χ1) is 15.1. The molecule has 0 atom stereocenters. The van der Waals surface area contributed by atoms with E-state index in [4.69, 9.17) is 11.6 Å². The molecule has 0 unspecified atom stereocenters. The summed E-state index contributed by atoms with van der Waals surface area (Å²) in [5, 5.41) is 9.71. The Bertz CT molecular complexity index is 1310. The number of benzene rings is 3. The first kappa shape index (κ1) is 23.1. The van der Waals surface area contributed by atoms with E-state index in [0.29, 0.717) is 5.69 Å². The molecule has 3 aromatic carbocycles. The Balaban J connectivity index is 1.78. The van der Waals surface area contributed by atoms with Crippen LogP contribution in [0.1, 0.15) is 31.8 Å². The van der Waals surface area contributed by atoms with Crippen LogP contribution in [0.5, 0.6) is 5.75 Å². The second-order valence-corrected chi connectivity index (χ2v) is 9.06. The summed E-state index contributed by atoms with van der Waals surface area (Å²) in [5.41, 5.74) is 6.42. The third-order valence-electron chi connectivity index (χ3n) is 4.69. The Hall–Kier alpha value is -3.56. The molecule has 0 aliphatic carbocycles. The number of para-hydroxylation sites is 1. The Morgan fingerprint density at radius 2 is 1.50 bits per heavy atom. The van der Waals surface area contributed by atoms with Crippen LogP contribution in [0.4, 0.5) is 5.69 Å². The number of carbonyl (C=O) groups is 2. The standard InChI is InChI=1S/C22H20ClN3O5S/c1-13-7-8-15(11-14(13)2)26-32(30,31)16-9-10-19(23)18(12-16)22(29)25-24-21(28)17-5-3-4-6-20(17)27/h3-12,26-27H,1-2H3,(H,24,28)(H,25,29). The van der Waals surface area contributed by atoms with Crippen molar-refractivity contribution >= 4 is 39.1 Å². The molecule has 0 saturated carbocycles. The number of aromatic hydroxyl groups is 1. The van der Waals surface area contributed by atoms with Crippen molar-refractivity contribution in [2.45, 2.75) is 18.7 Å². The van der Waals surface area contributed by atoms with Gasteiger partial charge in [0, 0.05) is 5.69 Å². The van der Waals surface area contributed by atoms with E-state index in [9.17, 15) is 23.1 Å². The van der Waals surface area contributed by atoms with E-state index in [1.54, 1.807) is 30.3 Å². The predicted octanol–water partition coefficient (Wildman–Crippen LogP) is 3.54. The molecule has 166 valence electrons. The maximum atomic E-state index is 12.8. The molecule has 0 saturated heterocycles. The normalized spacial score (nSPS) is 11.0. The number of aryl methyl sites for hydroxylation is 2. The zero-order valence-corrected chi connectivity index (χ0v) is 18.7. The van der Waals surface area contributed by atoms with Crippen LogP contribution >= 0.6 is 11.6 Å². The van der Waals surface area contributed by atoms with E-state index in [1.807, 2.05) is 13.8 Å². The summed E-state index contributed by atoms with van der Waals surface area (Å²) >= 11 is 6.07. The fourth-order valence-corrected chi connectivity index (χ4v) is 4.06. The van der Waals surface area contributed by atoms with Gasteiger partial charge < -0.3 is 5.11 Å². The number of nitrogens with one attached hydrogen (secondary N) is 3. The van der Waals surface area contributed by atoms with Gasteiger partial charge in [-0.05, 0) is 67.4 Å². The van der Waals surface area contributed by atoms with Gasteiger partial charge in [0.25, 0.3) is 21.8 Å². The molecule has 10 heteroatoms. The van der Waals surface area contributed by atoms with Crippen LogP contribution in [-0.2, 0) is 10.0 Å². The smallest absolute Gasteiger partial charge is 0.273 e. The largest absolute Gasteiger partial charge is 0.507 e. The van der Waals surface area contributed by atoms with Crippen LogP contribution in [0.2, 0.25) is 5.02 Å². The molecule has 0 aliphatic rings. The molecule has 3 rings (SSSR count). The van der Waals surface area contributed by atoms with Gasteiger partial charge in [-0.3, -0.25) is 25.2 Å². The van der Waals surface area contributed by atoms with Crippen molar-refractivity contribution in [3.8, 4) is 5.75 Å². The summed E-state index contributed by atoms with van der Waals surface area (Å²) < 4.78 is 28.0. The summed E-state index contributed by atoms with van der Waals surface area (Å²) in [6.45, 7) is 3.77. The lowest BCUT2D eigenvalue weighted by molar-refractivity contribution is 0.0845. The summed E-state index contributed by atoms with van der Waals surface area (Å²) in [4.78, 5) is 24.5. The van der Waals surface area contributed by atoms with Crippen LogP contribution in [0.25, 0.3) is 0 Å². The van der Waals surface area contributed by atoms with Gasteiger partial charge in [-0.2, -0.15) is 0 Å². The number of halogens is 1. The monoisotopic (exact) mass is 473 g/mol. The highest BCUT2D eigenvalue weighted by atomic mass is 35.5. The van der Waals surface area contributed by atoms with Gasteiger partial charge in [-0.15, -0.1) is 0 Å². The lowest BCUT2D eigenvalue weighted by Gasteiger charge is -2.12. The number of phenolic OH excluding ortho intramolecular Hbond substituents is 1. The fraction of sp³-hybridized carbons (Fsp3) is 0.0909. The molecule has 4 N–H and O–H groups in total. The van der Waals surface area contributed by atoms with Crippen molar-refractivity contribution in [3.63, 3.8) is 0 Å². The van der Waals surface area contributed by atoms with E-state index in [1.165, 1.54) is 24.3 Å². The lowest BCUT2D eigenvalue weighted by Crippen LogP contribution is -2.41. The average molecular weight is 474 g/mol. The van der Waals surface area contributed by atoms with Gasteiger partial charge in [0.05, 0.1) is 21.0 Å². The topological polar surface area (TPSA) is 125 Å². The number of sulfonamides is 1. The van der Waals surface area contributed by atoms with Gasteiger partial charge in [0.2, 0.25) is 0 Å². The van der Waals surface area contributed by atoms with E-state index in [-0.39, 0.29) is 26.8 Å². The third kappa shape index (κ3) is 5.19. The zero-order chi connectivity index (χ0) is 23.5. The number of carbonyl (C=O) groups excluding carboxylic acids is 2. The number of anilines is 1. The minimum Gasteiger partial charge on any atom is -0.507 e. The van der Waals surface area contributed by atoms with Gasteiger partial charge in [0.1, 0.15) is 5.75 Å². The fourth-order valence-electron chi connectivity index (χ4n) is 2.78. The molecule has 0 aliphatic heterocycles. The van der Waals surface area contributed by atoms with Crippen LogP contribution in [0.15, 0.2) is 65.6 Å². The first-order valence-corrected chi connectivity index (χ1v) is 11.2. The number of hydrogen-bond donors (Lipinski definition) is 4. The SMILES string of the molecule is Cc1ccc(NS(=O)(=O)c2ccc(Cl)c(C(=O)NNC(=O)c3ccccc3O)c2)cc1C. The van der Waals surface area contributed by atoms with E-state index in [2.05, 4.69) is 15.6 Å². The molecule has 0 radical (unpaired) electrons. The summed E-state index contributed by atoms with van der Waals surface area (Å²) in [5.74, 6) is -1.85. The summed E-state index contributed by atoms with van der Waals surface area (Å²) in [6, 6.07) is 14.6. The number of rotatable bonds is 5. The van der Waals surface area contributed by atoms with Crippen LogP contribution in [0.3, 0.4) is 0 Å². The van der Waals surface area contributed by atoms with E-state index >= 15 is 0 Å². The van der Waals surface area contributed by atoms with Crippen molar-refractivity contribution in [2.24, 2.45) is 0 Å². The second-order valence-electron chi connectivity index (χ2n) is 6.97. The summed E-state index contributed by atoms with van der Waals surface area (Å²) in [7, 11) is -4.00. The molecular formula is C22H20ClN3O5S. The minimum atomic E-state index is -4.00. The van der Waals surface area contributed by atoms with Gasteiger partial charge in [0.15, 0.2) is 0 Å². The molecule has 0 fully saturated rings. The first-order valence-electron chi connectivity index (χ1n) is 9.37. The summed E-state index contributed by atoms with van der Waals surface area (Å²) in [6.07, 6.45) is 0. The number of hydrogen-bond acceptors (Lipinski definition) is 5. The highest BCUT2D eigenvalue weighted by molar-refractivity contribution is 7.92. The molecule has 0 spiro atoms. The zero-order valence-electron chi connectivity index (χ0n) is 17.1. The highest BCUT2D eigenvalue weighted by Gasteiger charge is 2.20. The van der Waals surface area contributed by atoms with Crippen molar-refractivity contribution in [1.82, 2.24) is 10.9 Å². The minimum absolute atomic E-state index is 0.00978. The second kappa shape index (κ2) is 9.29. The van der Waals surface area contributed by atoms with Crippen molar-refractivity contribution < 1.29 is 23.1 Å². The van der Waals surface area contributed by atoms with Gasteiger partial charge in [-0.1, -0.05) is 29.8 Å². The van der Waals surface area contributed by atoms with Crippen molar-refractivity contribution in [2.75, 3.05) is 4.72 Å². The predicted molar refractivity (Wildman–Crippen MR) is 121 cm³/mol. The average Bonchev–Trinajstić information content (AvgIpc) is 2.74. The maximum absolute atomic E-state index is 12.8. The molecule has 8 nitrogen and oxygen atoms in total. The third-order valence-corrected chi connectivity index (χ3v) is 6.40. The molecule has 0 heterocycles. The molecular weight excluding hydrogens is 454 g/mol. The Kier molecular flexibility index (Phi) is 6.71. The highest BCUT2D eigenvalue weighted by Crippen LogP contribution is 2.23. The molecule has 0 aromatic heterocycles. The molecule has 3 aromatic rings. The van der Waals surface area contributed by atoms with Gasteiger partial charge in [-0.25, -0.2) is 8.42 Å². The van der Waals surface area contributed by atoms with Crippen LogP contribution in [-0.4, -0.2) is 25.3 Å². The van der Waals surface area contributed by atoms with Crippen LogP contribution < -0.4 is 15.6 Å². The van der Waals surface area contributed by atoms with Crippen LogP contribution in [0, 0.1) is 13.8 Å². The Morgan fingerprint density at radius 3 is 2.16 bits per heavy atom. The molecule has 2 amide bonds. The molecule has 32 heavy (non-hydrogen) atoms. The van der Waals surface area contributed by atoms with E-state index < -0.39 is 21.8 Å². The number of amides is 2.